The van der Waals surface area contributed by atoms with Crippen LogP contribution in [0.25, 0.3) is 0 Å². The molecule has 14 unspecified atom stereocenters. The smallest absolute Gasteiger partial charge is 0.371 e. The van der Waals surface area contributed by atoms with Crippen LogP contribution in [0.1, 0.15) is 81.1 Å². The Morgan fingerprint density at radius 3 is 1.94 bits per heavy atom. The molecule has 0 aromatic heterocycles. The second-order valence-electron chi connectivity index (χ2n) is 16.1. The van der Waals surface area contributed by atoms with Crippen LogP contribution in [-0.4, -0.2) is 120 Å². The number of rotatable bonds is 10. The number of esters is 6. The molecule has 14 atom stereocenters. The third kappa shape index (κ3) is 5.34. The molecule has 5 rings (SSSR count). The second kappa shape index (κ2) is 13.7. The van der Waals surface area contributed by atoms with E-state index in [9.17, 15) is 48.6 Å². The average molecular weight is 767 g/mol. The minimum atomic E-state index is -2.26. The molecule has 300 valence electrons. The zero-order valence-corrected chi connectivity index (χ0v) is 32.0. The predicted octanol–water partition coefficient (Wildman–Crippen LogP) is 0.547. The molecule has 0 bridgehead atoms. The zero-order chi connectivity index (χ0) is 40.6. The van der Waals surface area contributed by atoms with E-state index >= 15 is 0 Å². The maximum absolute atomic E-state index is 13.8. The van der Waals surface area contributed by atoms with Gasteiger partial charge in [-0.2, -0.15) is 0 Å². The van der Waals surface area contributed by atoms with Crippen LogP contribution in [-0.2, 0) is 71.5 Å². The first kappa shape index (κ1) is 41.2. The summed E-state index contributed by atoms with van der Waals surface area (Å²) in [5, 5.41) is 24.7. The summed E-state index contributed by atoms with van der Waals surface area (Å²) in [5.74, 6) is -9.57. The van der Waals surface area contributed by atoms with Crippen LogP contribution in [0, 0.1) is 39.4 Å². The van der Waals surface area contributed by atoms with E-state index in [0.717, 1.165) is 34.8 Å². The Hall–Kier alpha value is -3.96. The molecule has 2 N–H and O–H groups in total. The van der Waals surface area contributed by atoms with Crippen LogP contribution in [0.4, 0.5) is 0 Å². The molecule has 1 saturated heterocycles. The largest absolute Gasteiger partial charge is 0.467 e. The van der Waals surface area contributed by atoms with Crippen molar-refractivity contribution >= 4 is 47.9 Å². The summed E-state index contributed by atoms with van der Waals surface area (Å²) in [7, 11) is 1.07. The molecule has 17 nitrogen and oxygen atoms in total. The summed E-state index contributed by atoms with van der Waals surface area (Å²) in [6.45, 7) is 9.76. The third-order valence-electron chi connectivity index (χ3n) is 13.9. The van der Waals surface area contributed by atoms with Crippen molar-refractivity contribution in [3.63, 3.8) is 0 Å². The summed E-state index contributed by atoms with van der Waals surface area (Å²) in [5.41, 5.74) is -10.8. The molecule has 0 aromatic carbocycles. The maximum Gasteiger partial charge on any atom is 0.371 e. The molecule has 0 aromatic rings. The first-order valence-corrected chi connectivity index (χ1v) is 18.0. The van der Waals surface area contributed by atoms with Crippen molar-refractivity contribution in [1.29, 1.82) is 0 Å². The van der Waals surface area contributed by atoms with Gasteiger partial charge in [-0.3, -0.25) is 28.8 Å². The molecule has 17 heteroatoms. The van der Waals surface area contributed by atoms with Gasteiger partial charge in [-0.1, -0.05) is 20.8 Å². The van der Waals surface area contributed by atoms with Crippen molar-refractivity contribution in [3.05, 3.63) is 0 Å². The van der Waals surface area contributed by atoms with Crippen LogP contribution in [0.5, 0.6) is 0 Å². The van der Waals surface area contributed by atoms with Crippen molar-refractivity contribution in [2.24, 2.45) is 39.4 Å². The number of methoxy groups -OCH3 is 1. The predicted molar refractivity (Wildman–Crippen MR) is 177 cm³/mol. The first-order valence-electron chi connectivity index (χ1n) is 18.0. The van der Waals surface area contributed by atoms with Gasteiger partial charge < -0.3 is 43.4 Å². The minimum Gasteiger partial charge on any atom is -0.467 e. The molecule has 0 amide bonds. The van der Waals surface area contributed by atoms with Crippen molar-refractivity contribution < 1.29 is 81.7 Å². The number of aldehydes is 1. The standard InChI is InChI=1S/C37H50O17/c1-10-35(16-49-24(45)15-39)23(14-38)32(6)12-11-22-33(7,26(32)25(50-17(2)40)28(35)51-18(3)41)29(52-19(4)42)30(53-20(5)43)34(8)36(22,47)13-21(44)27-37(34,54-27)31(46)48-9/h15,22-23,25-30,38,47H,10-14,16H2,1-9H3. The molecule has 0 spiro atoms. The van der Waals surface area contributed by atoms with E-state index in [1.807, 2.05) is 0 Å². The Labute approximate surface area is 312 Å². The summed E-state index contributed by atoms with van der Waals surface area (Å²) < 4.78 is 40.7. The molecular weight excluding hydrogens is 716 g/mol. The fraction of sp³-hybridized carbons (Fsp3) is 0.784. The van der Waals surface area contributed by atoms with Gasteiger partial charge in [-0.05, 0) is 37.5 Å². The van der Waals surface area contributed by atoms with Crippen LogP contribution in [0.15, 0.2) is 0 Å². The minimum absolute atomic E-state index is 0.0325. The van der Waals surface area contributed by atoms with E-state index in [1.165, 1.54) is 6.92 Å². The van der Waals surface area contributed by atoms with Crippen LogP contribution >= 0.6 is 0 Å². The number of hydrogen-bond acceptors (Lipinski definition) is 17. The molecule has 5 fully saturated rings. The molecule has 1 aliphatic heterocycles. The van der Waals surface area contributed by atoms with Crippen molar-refractivity contribution in [2.45, 2.75) is 123 Å². The van der Waals surface area contributed by atoms with Gasteiger partial charge in [0, 0.05) is 58.0 Å². The second-order valence-corrected chi connectivity index (χ2v) is 16.1. The number of carbonyl (C=O) groups excluding carboxylic acids is 8. The van der Waals surface area contributed by atoms with E-state index in [1.54, 1.807) is 20.8 Å². The van der Waals surface area contributed by atoms with Gasteiger partial charge in [-0.15, -0.1) is 0 Å². The topological polar surface area (TPSA) is 245 Å². The van der Waals surface area contributed by atoms with E-state index in [-0.39, 0.29) is 25.5 Å². The molecule has 5 aliphatic rings. The van der Waals surface area contributed by atoms with Gasteiger partial charge >= 0.3 is 35.8 Å². The lowest BCUT2D eigenvalue weighted by molar-refractivity contribution is -0.357. The van der Waals surface area contributed by atoms with Gasteiger partial charge in [0.2, 0.25) is 11.9 Å². The van der Waals surface area contributed by atoms with Crippen molar-refractivity contribution in [3.8, 4) is 0 Å². The number of epoxide rings is 1. The summed E-state index contributed by atoms with van der Waals surface area (Å²) in [6.07, 6.45) is -8.07. The quantitative estimate of drug-likeness (QED) is 0.101. The average Bonchev–Trinajstić information content (AvgIpc) is 3.86. The van der Waals surface area contributed by atoms with Gasteiger partial charge in [0.25, 0.3) is 0 Å². The Balaban J connectivity index is 1.89. The highest BCUT2D eigenvalue weighted by molar-refractivity contribution is 6.20. The van der Waals surface area contributed by atoms with Crippen LogP contribution < -0.4 is 0 Å². The van der Waals surface area contributed by atoms with Crippen molar-refractivity contribution in [2.75, 3.05) is 20.3 Å². The Kier molecular flexibility index (Phi) is 10.4. The number of fused-ring (bicyclic) bond motifs is 7. The number of aliphatic hydroxyl groups excluding tert-OH is 1. The van der Waals surface area contributed by atoms with E-state index < -0.39 is 142 Å². The molecule has 1 heterocycles. The van der Waals surface area contributed by atoms with Crippen LogP contribution in [0.3, 0.4) is 0 Å². The summed E-state index contributed by atoms with van der Waals surface area (Å²) in [6, 6.07) is 0. The Morgan fingerprint density at radius 2 is 1.44 bits per heavy atom. The van der Waals surface area contributed by atoms with E-state index in [0.29, 0.717) is 0 Å². The van der Waals surface area contributed by atoms with Crippen LogP contribution in [0.2, 0.25) is 0 Å². The summed E-state index contributed by atoms with van der Waals surface area (Å²) >= 11 is 0. The number of hydrogen-bond donors (Lipinski definition) is 2. The molecule has 0 radical (unpaired) electrons. The van der Waals surface area contributed by atoms with Gasteiger partial charge in [0.1, 0.15) is 24.9 Å². The number of Topliss-reactive ketones (excluding diaryl/α,β-unsaturated/α-hetero) is 1. The highest BCUT2D eigenvalue weighted by atomic mass is 16.7. The van der Waals surface area contributed by atoms with E-state index in [4.69, 9.17) is 33.2 Å². The first-order chi connectivity index (χ1) is 25.1. The monoisotopic (exact) mass is 766 g/mol. The lowest BCUT2D eigenvalue weighted by atomic mass is 9.32. The normalized spacial score (nSPS) is 44.4. The molecule has 4 aliphatic carbocycles. The fourth-order valence-corrected chi connectivity index (χ4v) is 12.0. The lowest BCUT2D eigenvalue weighted by Crippen LogP contribution is -2.84. The fourth-order valence-electron chi connectivity index (χ4n) is 12.0. The van der Waals surface area contributed by atoms with Gasteiger partial charge in [0.05, 0.1) is 23.5 Å². The number of ketones is 1. The third-order valence-corrected chi connectivity index (χ3v) is 13.9. The highest BCUT2D eigenvalue weighted by Crippen LogP contribution is 2.77. The zero-order valence-electron chi connectivity index (χ0n) is 32.0. The lowest BCUT2D eigenvalue weighted by Gasteiger charge is -2.74. The Morgan fingerprint density at radius 1 is 0.889 bits per heavy atom. The van der Waals surface area contributed by atoms with Gasteiger partial charge in [-0.25, -0.2) is 9.59 Å². The summed E-state index contributed by atoms with van der Waals surface area (Å²) in [4.78, 5) is 104. The number of aliphatic hydroxyl groups is 2. The SMILES string of the molecule is CCC1(COC(=O)C=O)C(OC(C)=O)C(OC(C)=O)C2C(C)(CCC3C2(C)C(OC(C)=O)C(OC(C)=O)C2(C)C3(O)CC(=O)C3OC32C(=O)OC)C1CO. The Bertz CT molecular complexity index is 1640. The number of ether oxygens (including phenoxy) is 7. The highest BCUT2D eigenvalue weighted by Gasteiger charge is 2.92. The maximum atomic E-state index is 13.8. The van der Waals surface area contributed by atoms with Crippen molar-refractivity contribution in [1.82, 2.24) is 0 Å². The van der Waals surface area contributed by atoms with Gasteiger partial charge in [0.15, 0.2) is 18.0 Å². The van der Waals surface area contributed by atoms with E-state index in [2.05, 4.69) is 0 Å². The molecule has 4 saturated carbocycles. The number of carbonyl (C=O) groups is 8. The molecule has 54 heavy (non-hydrogen) atoms. The molecular formula is C37H50O17.